The van der Waals surface area contributed by atoms with E-state index in [0.717, 1.165) is 12.1 Å². The second kappa shape index (κ2) is 8.83. The number of benzene rings is 1. The van der Waals surface area contributed by atoms with Crippen molar-refractivity contribution in [1.82, 2.24) is 10.6 Å². The van der Waals surface area contributed by atoms with Gasteiger partial charge in [0.25, 0.3) is 0 Å². The predicted octanol–water partition coefficient (Wildman–Crippen LogP) is 3.57. The Balaban J connectivity index is 1.65. The first-order valence-electron chi connectivity index (χ1n) is 8.33. The Morgan fingerprint density at radius 3 is 2.48 bits per heavy atom. The van der Waals surface area contributed by atoms with Gasteiger partial charge in [-0.05, 0) is 25.3 Å². The summed E-state index contributed by atoms with van der Waals surface area (Å²) in [5, 5.41) is 6.61. The van der Waals surface area contributed by atoms with Crippen LogP contribution in [0.2, 0.25) is 0 Å². The molecule has 1 fully saturated rings. The molecule has 116 valence electrons. The van der Waals surface area contributed by atoms with Gasteiger partial charge in [0.15, 0.2) is 0 Å². The number of hydrogen-bond acceptors (Lipinski definition) is 2. The number of carbonyl (C=O) groups is 1. The summed E-state index contributed by atoms with van der Waals surface area (Å²) in [6.45, 7) is 2.82. The minimum atomic E-state index is 0.0802. The zero-order valence-corrected chi connectivity index (χ0v) is 13.1. The lowest BCUT2D eigenvalue weighted by Crippen LogP contribution is -2.34. The minimum Gasteiger partial charge on any atom is -0.350 e. The molecule has 0 aliphatic heterocycles. The van der Waals surface area contributed by atoms with Crippen molar-refractivity contribution in [3.8, 4) is 0 Å². The fourth-order valence-corrected chi connectivity index (χ4v) is 3.01. The quantitative estimate of drug-likeness (QED) is 0.786. The average Bonchev–Trinajstić information content (AvgIpc) is 2.77. The Kier molecular flexibility index (Phi) is 6.74. The maximum atomic E-state index is 12.0. The molecule has 0 aromatic heterocycles. The molecule has 0 bridgehead atoms. The highest BCUT2D eigenvalue weighted by Crippen LogP contribution is 2.17. The standard InChI is InChI=1S/C18H28N2O/c1-15(16-9-5-4-6-10-16)20-18(21)13-14-19-17-11-7-2-3-8-12-17/h4-6,9-10,15,17,19H,2-3,7-8,11-14H2,1H3,(H,20,21). The summed E-state index contributed by atoms with van der Waals surface area (Å²) in [6, 6.07) is 10.8. The molecule has 1 aromatic carbocycles. The van der Waals surface area contributed by atoms with Crippen molar-refractivity contribution in [2.24, 2.45) is 0 Å². The fourth-order valence-electron chi connectivity index (χ4n) is 3.01. The van der Waals surface area contributed by atoms with Gasteiger partial charge in [0.1, 0.15) is 0 Å². The maximum Gasteiger partial charge on any atom is 0.221 e. The van der Waals surface area contributed by atoms with E-state index in [2.05, 4.69) is 22.8 Å². The molecule has 0 spiro atoms. The molecule has 1 aliphatic rings. The summed E-state index contributed by atoms with van der Waals surface area (Å²) < 4.78 is 0. The second-order valence-corrected chi connectivity index (χ2v) is 6.09. The zero-order valence-electron chi connectivity index (χ0n) is 13.1. The van der Waals surface area contributed by atoms with Gasteiger partial charge in [0.05, 0.1) is 6.04 Å². The number of carbonyl (C=O) groups excluding carboxylic acids is 1. The van der Waals surface area contributed by atoms with Gasteiger partial charge in [-0.25, -0.2) is 0 Å². The summed E-state index contributed by atoms with van der Waals surface area (Å²) in [5.41, 5.74) is 1.16. The van der Waals surface area contributed by atoms with Gasteiger partial charge in [0, 0.05) is 19.0 Å². The Hall–Kier alpha value is -1.35. The van der Waals surface area contributed by atoms with E-state index in [0.29, 0.717) is 12.5 Å². The highest BCUT2D eigenvalue weighted by Gasteiger charge is 2.13. The maximum absolute atomic E-state index is 12.0. The highest BCUT2D eigenvalue weighted by molar-refractivity contribution is 5.76. The monoisotopic (exact) mass is 288 g/mol. The van der Waals surface area contributed by atoms with E-state index in [4.69, 9.17) is 0 Å². The number of nitrogens with one attached hydrogen (secondary N) is 2. The summed E-state index contributed by atoms with van der Waals surface area (Å²) in [7, 11) is 0. The molecular formula is C18H28N2O. The molecule has 21 heavy (non-hydrogen) atoms. The Labute approximate surface area is 128 Å². The molecule has 0 saturated heterocycles. The van der Waals surface area contributed by atoms with Crippen LogP contribution in [-0.4, -0.2) is 18.5 Å². The largest absolute Gasteiger partial charge is 0.350 e. The molecule has 1 unspecified atom stereocenters. The van der Waals surface area contributed by atoms with Crippen LogP contribution >= 0.6 is 0 Å². The number of amides is 1. The predicted molar refractivity (Wildman–Crippen MR) is 87.1 cm³/mol. The third-order valence-corrected chi connectivity index (χ3v) is 4.32. The van der Waals surface area contributed by atoms with E-state index >= 15 is 0 Å². The van der Waals surface area contributed by atoms with Gasteiger partial charge >= 0.3 is 0 Å². The lowest BCUT2D eigenvalue weighted by atomic mass is 10.1. The molecule has 1 aromatic rings. The molecule has 2 rings (SSSR count). The van der Waals surface area contributed by atoms with Crippen LogP contribution in [-0.2, 0) is 4.79 Å². The van der Waals surface area contributed by atoms with Crippen LogP contribution in [0.5, 0.6) is 0 Å². The zero-order chi connectivity index (χ0) is 14.9. The first-order chi connectivity index (χ1) is 10.3. The van der Waals surface area contributed by atoms with Gasteiger partial charge < -0.3 is 10.6 Å². The van der Waals surface area contributed by atoms with E-state index in [1.54, 1.807) is 0 Å². The van der Waals surface area contributed by atoms with Crippen LogP contribution < -0.4 is 10.6 Å². The Morgan fingerprint density at radius 1 is 1.14 bits per heavy atom. The Morgan fingerprint density at radius 2 is 1.81 bits per heavy atom. The van der Waals surface area contributed by atoms with Crippen molar-refractivity contribution in [2.45, 2.75) is 64.0 Å². The number of hydrogen-bond donors (Lipinski definition) is 2. The average molecular weight is 288 g/mol. The summed E-state index contributed by atoms with van der Waals surface area (Å²) in [6.07, 6.45) is 8.49. The van der Waals surface area contributed by atoms with Crippen LogP contribution in [0.15, 0.2) is 30.3 Å². The third-order valence-electron chi connectivity index (χ3n) is 4.32. The van der Waals surface area contributed by atoms with E-state index in [1.807, 2.05) is 25.1 Å². The van der Waals surface area contributed by atoms with Crippen LogP contribution in [0.3, 0.4) is 0 Å². The van der Waals surface area contributed by atoms with E-state index in [9.17, 15) is 4.79 Å². The number of rotatable bonds is 6. The SMILES string of the molecule is CC(NC(=O)CCNC1CCCCCC1)c1ccccc1. The molecule has 1 aliphatic carbocycles. The molecule has 1 saturated carbocycles. The van der Waals surface area contributed by atoms with Crippen LogP contribution in [0.4, 0.5) is 0 Å². The van der Waals surface area contributed by atoms with Crippen molar-refractivity contribution in [3.63, 3.8) is 0 Å². The van der Waals surface area contributed by atoms with Crippen LogP contribution in [0.25, 0.3) is 0 Å². The first kappa shape index (κ1) is 16.0. The molecule has 1 amide bonds. The third kappa shape index (κ3) is 5.88. The minimum absolute atomic E-state index is 0.0802. The van der Waals surface area contributed by atoms with Crippen LogP contribution in [0.1, 0.15) is 63.5 Å². The van der Waals surface area contributed by atoms with Crippen molar-refractivity contribution < 1.29 is 4.79 Å². The van der Waals surface area contributed by atoms with Crippen molar-refractivity contribution in [3.05, 3.63) is 35.9 Å². The fraction of sp³-hybridized carbons (Fsp3) is 0.611. The van der Waals surface area contributed by atoms with Gasteiger partial charge in [-0.1, -0.05) is 56.0 Å². The first-order valence-corrected chi connectivity index (χ1v) is 8.33. The lowest BCUT2D eigenvalue weighted by molar-refractivity contribution is -0.121. The van der Waals surface area contributed by atoms with Crippen LogP contribution in [0, 0.1) is 0 Å². The van der Waals surface area contributed by atoms with Crippen molar-refractivity contribution >= 4 is 5.91 Å². The molecule has 2 N–H and O–H groups in total. The summed E-state index contributed by atoms with van der Waals surface area (Å²) >= 11 is 0. The second-order valence-electron chi connectivity index (χ2n) is 6.09. The van der Waals surface area contributed by atoms with Crippen molar-refractivity contribution in [1.29, 1.82) is 0 Å². The summed E-state index contributed by atoms with van der Waals surface area (Å²) in [4.78, 5) is 12.0. The topological polar surface area (TPSA) is 41.1 Å². The lowest BCUT2D eigenvalue weighted by Gasteiger charge is -2.17. The van der Waals surface area contributed by atoms with E-state index in [1.165, 1.54) is 38.5 Å². The molecule has 0 radical (unpaired) electrons. The molecular weight excluding hydrogens is 260 g/mol. The van der Waals surface area contributed by atoms with E-state index < -0.39 is 0 Å². The summed E-state index contributed by atoms with van der Waals surface area (Å²) in [5.74, 6) is 0.132. The van der Waals surface area contributed by atoms with Gasteiger partial charge in [0.2, 0.25) is 5.91 Å². The molecule has 1 atom stereocenters. The molecule has 3 heteroatoms. The molecule has 3 nitrogen and oxygen atoms in total. The van der Waals surface area contributed by atoms with Gasteiger partial charge in [-0.2, -0.15) is 0 Å². The van der Waals surface area contributed by atoms with Crippen molar-refractivity contribution in [2.75, 3.05) is 6.54 Å². The van der Waals surface area contributed by atoms with Gasteiger partial charge in [-0.15, -0.1) is 0 Å². The smallest absolute Gasteiger partial charge is 0.221 e. The van der Waals surface area contributed by atoms with Gasteiger partial charge in [-0.3, -0.25) is 4.79 Å². The Bertz CT molecular complexity index is 410. The normalized spacial score (nSPS) is 18.0. The highest BCUT2D eigenvalue weighted by atomic mass is 16.1. The molecule has 0 heterocycles. The van der Waals surface area contributed by atoms with E-state index in [-0.39, 0.29) is 11.9 Å².